The number of benzene rings is 2. The summed E-state index contributed by atoms with van der Waals surface area (Å²) in [7, 11) is -3.95. The Bertz CT molecular complexity index is 944. The molecule has 1 saturated carbocycles. The van der Waals surface area contributed by atoms with Crippen LogP contribution in [-0.2, 0) is 16.4 Å². The van der Waals surface area contributed by atoms with Crippen molar-refractivity contribution in [3.63, 3.8) is 0 Å². The van der Waals surface area contributed by atoms with Gasteiger partial charge in [0.05, 0.1) is 10.9 Å². The molecule has 2 aliphatic carbocycles. The normalized spacial score (nSPS) is 22.3. The van der Waals surface area contributed by atoms with Crippen LogP contribution in [-0.4, -0.2) is 21.0 Å². The quantitative estimate of drug-likeness (QED) is 0.795. The number of sulfonamides is 1. The maximum Gasteiger partial charge on any atom is 0.238 e. The summed E-state index contributed by atoms with van der Waals surface area (Å²) in [5.41, 5.74) is 2.23. The van der Waals surface area contributed by atoms with Crippen molar-refractivity contribution in [1.82, 2.24) is 5.32 Å². The predicted octanol–water partition coefficient (Wildman–Crippen LogP) is 2.91. The minimum atomic E-state index is -3.95. The topological polar surface area (TPSA) is 81.4 Å². The number of nitrogens with two attached hydrogens (primary N) is 1. The van der Waals surface area contributed by atoms with Crippen LogP contribution in [0.15, 0.2) is 47.4 Å². The molecular formula is C20H23FN2O3S. The smallest absolute Gasteiger partial charge is 0.238 e. The second-order valence-corrected chi connectivity index (χ2v) is 8.95. The molecule has 2 aliphatic rings. The largest absolute Gasteiger partial charge is 0.481 e. The number of hydrogen-bond donors (Lipinski definition) is 2. The molecule has 0 amide bonds. The molecule has 5 nitrogen and oxygen atoms in total. The number of rotatable bonds is 6. The Labute approximate surface area is 158 Å². The highest BCUT2D eigenvalue weighted by molar-refractivity contribution is 7.89. The number of halogens is 1. The number of fused-ring (bicyclic) bond motifs is 1. The minimum Gasteiger partial charge on any atom is -0.481 e. The Morgan fingerprint density at radius 1 is 1.19 bits per heavy atom. The van der Waals surface area contributed by atoms with Gasteiger partial charge in [-0.3, -0.25) is 0 Å². The van der Waals surface area contributed by atoms with Crippen LogP contribution >= 0.6 is 0 Å². The SMILES string of the molecule is NS(=O)(=O)c1ccc(O[C@@H]2c3ccccc3C[C@H]2NCC2CCC2)c(F)c1. The Balaban J connectivity index is 1.57. The lowest BCUT2D eigenvalue weighted by Gasteiger charge is -2.29. The van der Waals surface area contributed by atoms with E-state index in [4.69, 9.17) is 9.88 Å². The standard InChI is InChI=1S/C20H23FN2O3S/c21-17-11-15(27(22,24)25)8-9-19(17)26-20-16-7-2-1-6-14(16)10-18(20)23-12-13-4-3-5-13/h1-2,6-9,11,13,18,20,23H,3-5,10,12H2,(H2,22,24,25)/t18-,20-/m1/s1. The van der Waals surface area contributed by atoms with Crippen LogP contribution in [0.1, 0.15) is 36.5 Å². The first-order valence-corrected chi connectivity index (χ1v) is 10.8. The molecule has 0 heterocycles. The molecule has 2 atom stereocenters. The van der Waals surface area contributed by atoms with Crippen molar-refractivity contribution < 1.29 is 17.5 Å². The first-order chi connectivity index (χ1) is 12.9. The number of hydrogen-bond acceptors (Lipinski definition) is 4. The van der Waals surface area contributed by atoms with Crippen molar-refractivity contribution in [3.05, 3.63) is 59.4 Å². The van der Waals surface area contributed by atoms with E-state index in [2.05, 4.69) is 11.4 Å². The van der Waals surface area contributed by atoms with E-state index in [0.29, 0.717) is 5.92 Å². The summed E-state index contributed by atoms with van der Waals surface area (Å²) in [6.07, 6.45) is 4.29. The molecule has 7 heteroatoms. The van der Waals surface area contributed by atoms with Crippen molar-refractivity contribution in [2.24, 2.45) is 11.1 Å². The molecule has 0 spiro atoms. The lowest BCUT2D eigenvalue weighted by Crippen LogP contribution is -2.39. The number of ether oxygens (including phenoxy) is 1. The van der Waals surface area contributed by atoms with Gasteiger partial charge in [0, 0.05) is 0 Å². The zero-order valence-electron chi connectivity index (χ0n) is 14.9. The van der Waals surface area contributed by atoms with Gasteiger partial charge in [0.1, 0.15) is 6.10 Å². The maximum atomic E-state index is 14.4. The lowest BCUT2D eigenvalue weighted by molar-refractivity contribution is 0.152. The molecule has 0 aliphatic heterocycles. The average molecular weight is 390 g/mol. The zero-order valence-corrected chi connectivity index (χ0v) is 15.7. The van der Waals surface area contributed by atoms with Gasteiger partial charge in [-0.15, -0.1) is 0 Å². The molecule has 4 rings (SSSR count). The van der Waals surface area contributed by atoms with Crippen LogP contribution in [0.3, 0.4) is 0 Å². The van der Waals surface area contributed by atoms with Gasteiger partial charge in [-0.25, -0.2) is 17.9 Å². The van der Waals surface area contributed by atoms with Crippen molar-refractivity contribution in [1.29, 1.82) is 0 Å². The predicted molar refractivity (Wildman–Crippen MR) is 100 cm³/mol. The van der Waals surface area contributed by atoms with E-state index in [0.717, 1.165) is 24.6 Å². The summed E-state index contributed by atoms with van der Waals surface area (Å²) in [6.45, 7) is 0.936. The third kappa shape index (κ3) is 3.85. The van der Waals surface area contributed by atoms with Gasteiger partial charge in [0.2, 0.25) is 10.0 Å². The fourth-order valence-corrected chi connectivity index (χ4v) is 4.31. The molecular weight excluding hydrogens is 367 g/mol. The zero-order chi connectivity index (χ0) is 19.0. The summed E-state index contributed by atoms with van der Waals surface area (Å²) < 4.78 is 43.3. The molecule has 27 heavy (non-hydrogen) atoms. The third-order valence-electron chi connectivity index (χ3n) is 5.55. The van der Waals surface area contributed by atoms with Gasteiger partial charge in [-0.1, -0.05) is 30.7 Å². The van der Waals surface area contributed by atoms with Gasteiger partial charge in [-0.05, 0) is 61.1 Å². The van der Waals surface area contributed by atoms with Crippen LogP contribution in [0, 0.1) is 11.7 Å². The Morgan fingerprint density at radius 2 is 1.96 bits per heavy atom. The first kappa shape index (κ1) is 18.4. The number of nitrogens with one attached hydrogen (secondary N) is 1. The highest BCUT2D eigenvalue weighted by atomic mass is 32.2. The molecule has 0 radical (unpaired) electrons. The molecule has 2 aromatic rings. The van der Waals surface area contributed by atoms with Gasteiger partial charge >= 0.3 is 0 Å². The molecule has 0 saturated heterocycles. The minimum absolute atomic E-state index is 0.0274. The molecule has 0 unspecified atom stereocenters. The van der Waals surface area contributed by atoms with Crippen LogP contribution in [0.25, 0.3) is 0 Å². The van der Waals surface area contributed by atoms with Crippen LogP contribution in [0.2, 0.25) is 0 Å². The number of primary sulfonamides is 1. The highest BCUT2D eigenvalue weighted by Gasteiger charge is 2.35. The average Bonchev–Trinajstić information content (AvgIpc) is 2.92. The maximum absolute atomic E-state index is 14.4. The van der Waals surface area contributed by atoms with Crippen LogP contribution in [0.4, 0.5) is 4.39 Å². The summed E-state index contributed by atoms with van der Waals surface area (Å²) in [5.74, 6) is 0.00309. The molecule has 0 aromatic heterocycles. The fourth-order valence-electron chi connectivity index (χ4n) is 3.79. The summed E-state index contributed by atoms with van der Waals surface area (Å²) in [6, 6.07) is 11.6. The van der Waals surface area contributed by atoms with Crippen molar-refractivity contribution in [2.45, 2.75) is 42.7 Å². The van der Waals surface area contributed by atoms with Crippen molar-refractivity contribution in [2.75, 3.05) is 6.54 Å². The Kier molecular flexibility index (Phi) is 4.92. The van der Waals surface area contributed by atoms with Crippen LogP contribution in [0.5, 0.6) is 5.75 Å². The van der Waals surface area contributed by atoms with E-state index in [9.17, 15) is 12.8 Å². The van der Waals surface area contributed by atoms with E-state index < -0.39 is 15.8 Å². The lowest BCUT2D eigenvalue weighted by atomic mass is 9.85. The molecule has 1 fully saturated rings. The second kappa shape index (κ2) is 7.22. The van der Waals surface area contributed by atoms with E-state index in [-0.39, 0.29) is 22.8 Å². The fraction of sp³-hybridized carbons (Fsp3) is 0.400. The van der Waals surface area contributed by atoms with Crippen LogP contribution < -0.4 is 15.2 Å². The van der Waals surface area contributed by atoms with E-state index in [1.165, 1.54) is 37.0 Å². The Hall–Kier alpha value is -1.96. The van der Waals surface area contributed by atoms with Gasteiger partial charge in [0.25, 0.3) is 0 Å². The van der Waals surface area contributed by atoms with Crippen molar-refractivity contribution >= 4 is 10.0 Å². The second-order valence-electron chi connectivity index (χ2n) is 7.39. The summed E-state index contributed by atoms with van der Waals surface area (Å²) in [5, 5.41) is 8.66. The molecule has 0 bridgehead atoms. The summed E-state index contributed by atoms with van der Waals surface area (Å²) >= 11 is 0. The monoisotopic (exact) mass is 390 g/mol. The van der Waals surface area contributed by atoms with Gasteiger partial charge in [-0.2, -0.15) is 0 Å². The first-order valence-electron chi connectivity index (χ1n) is 9.22. The van der Waals surface area contributed by atoms with Crippen molar-refractivity contribution in [3.8, 4) is 5.75 Å². The molecule has 144 valence electrons. The molecule has 3 N–H and O–H groups in total. The third-order valence-corrected chi connectivity index (χ3v) is 6.46. The molecule has 2 aromatic carbocycles. The summed E-state index contributed by atoms with van der Waals surface area (Å²) in [4.78, 5) is -0.265. The Morgan fingerprint density at radius 3 is 2.63 bits per heavy atom. The highest BCUT2D eigenvalue weighted by Crippen LogP contribution is 2.37. The van der Waals surface area contributed by atoms with Gasteiger partial charge in [0.15, 0.2) is 11.6 Å². The van der Waals surface area contributed by atoms with Gasteiger partial charge < -0.3 is 10.1 Å². The van der Waals surface area contributed by atoms with E-state index in [1.54, 1.807) is 0 Å². The van der Waals surface area contributed by atoms with E-state index in [1.807, 2.05) is 18.2 Å². The van der Waals surface area contributed by atoms with E-state index >= 15 is 0 Å².